The van der Waals surface area contributed by atoms with E-state index in [9.17, 15) is 4.39 Å². The Morgan fingerprint density at radius 1 is 1.05 bits per heavy atom. The standard InChI is InChI=1S/C17H18FNO.ClH/c18-15-7-5-13(6-8-15)12-20-17-4-2-1-3-14(17)11-19-16-9-10-16;/h1-8,16,19H,9-12H2;1H. The number of hydrogen-bond acceptors (Lipinski definition) is 2. The van der Waals surface area contributed by atoms with Crippen LogP contribution in [0.1, 0.15) is 24.0 Å². The Labute approximate surface area is 130 Å². The molecule has 0 spiro atoms. The molecule has 21 heavy (non-hydrogen) atoms. The van der Waals surface area contributed by atoms with E-state index in [2.05, 4.69) is 11.4 Å². The van der Waals surface area contributed by atoms with Gasteiger partial charge in [-0.15, -0.1) is 12.4 Å². The zero-order valence-electron chi connectivity index (χ0n) is 11.7. The largest absolute Gasteiger partial charge is 0.489 e. The van der Waals surface area contributed by atoms with Gasteiger partial charge in [0.15, 0.2) is 0 Å². The van der Waals surface area contributed by atoms with Crippen LogP contribution >= 0.6 is 12.4 Å². The van der Waals surface area contributed by atoms with Crippen LogP contribution in [0.5, 0.6) is 5.75 Å². The summed E-state index contributed by atoms with van der Waals surface area (Å²) < 4.78 is 18.7. The number of benzene rings is 2. The van der Waals surface area contributed by atoms with Gasteiger partial charge in [-0.2, -0.15) is 0 Å². The highest BCUT2D eigenvalue weighted by Crippen LogP contribution is 2.23. The Morgan fingerprint density at radius 3 is 2.48 bits per heavy atom. The van der Waals surface area contributed by atoms with Crippen LogP contribution in [0.4, 0.5) is 4.39 Å². The molecule has 0 amide bonds. The van der Waals surface area contributed by atoms with E-state index in [0.29, 0.717) is 12.6 Å². The Balaban J connectivity index is 0.00000161. The van der Waals surface area contributed by atoms with E-state index in [1.54, 1.807) is 12.1 Å². The van der Waals surface area contributed by atoms with E-state index >= 15 is 0 Å². The molecule has 2 aromatic rings. The lowest BCUT2D eigenvalue weighted by Gasteiger charge is -2.12. The van der Waals surface area contributed by atoms with Crippen LogP contribution < -0.4 is 10.1 Å². The number of ether oxygens (including phenoxy) is 1. The van der Waals surface area contributed by atoms with Crippen LogP contribution in [0.15, 0.2) is 48.5 Å². The highest BCUT2D eigenvalue weighted by atomic mass is 35.5. The van der Waals surface area contributed by atoms with E-state index in [1.807, 2.05) is 18.2 Å². The molecule has 0 heterocycles. The van der Waals surface area contributed by atoms with Gasteiger partial charge < -0.3 is 10.1 Å². The molecule has 0 unspecified atom stereocenters. The fourth-order valence-corrected chi connectivity index (χ4v) is 2.07. The first-order valence-electron chi connectivity index (χ1n) is 7.00. The van der Waals surface area contributed by atoms with Gasteiger partial charge in [0.25, 0.3) is 0 Å². The van der Waals surface area contributed by atoms with Gasteiger partial charge in [0.1, 0.15) is 18.2 Å². The van der Waals surface area contributed by atoms with E-state index in [-0.39, 0.29) is 18.2 Å². The van der Waals surface area contributed by atoms with Crippen molar-refractivity contribution in [3.05, 3.63) is 65.5 Å². The molecule has 0 saturated heterocycles. The van der Waals surface area contributed by atoms with Gasteiger partial charge in [-0.05, 0) is 36.6 Å². The minimum atomic E-state index is -0.220. The van der Waals surface area contributed by atoms with Crippen molar-refractivity contribution in [1.29, 1.82) is 0 Å². The summed E-state index contributed by atoms with van der Waals surface area (Å²) in [5.41, 5.74) is 2.14. The van der Waals surface area contributed by atoms with Gasteiger partial charge in [-0.25, -0.2) is 4.39 Å². The summed E-state index contributed by atoms with van der Waals surface area (Å²) >= 11 is 0. The van der Waals surface area contributed by atoms with E-state index < -0.39 is 0 Å². The molecule has 0 aliphatic heterocycles. The Morgan fingerprint density at radius 2 is 1.76 bits per heavy atom. The van der Waals surface area contributed by atoms with Crippen molar-refractivity contribution in [3.8, 4) is 5.75 Å². The van der Waals surface area contributed by atoms with Gasteiger partial charge in [0.05, 0.1) is 0 Å². The fourth-order valence-electron chi connectivity index (χ4n) is 2.07. The molecular formula is C17H19ClFNO. The Bertz CT molecular complexity index is 569. The summed E-state index contributed by atoms with van der Waals surface area (Å²) in [4.78, 5) is 0. The number of hydrogen-bond donors (Lipinski definition) is 1. The second-order valence-corrected chi connectivity index (χ2v) is 5.18. The molecule has 0 aromatic heterocycles. The lowest BCUT2D eigenvalue weighted by molar-refractivity contribution is 0.302. The van der Waals surface area contributed by atoms with Gasteiger partial charge in [-0.3, -0.25) is 0 Å². The normalized spacial score (nSPS) is 13.6. The maximum atomic E-state index is 12.8. The zero-order valence-corrected chi connectivity index (χ0v) is 12.5. The van der Waals surface area contributed by atoms with E-state index in [1.165, 1.54) is 30.5 Å². The molecule has 4 heteroatoms. The molecule has 3 rings (SSSR count). The molecule has 1 N–H and O–H groups in total. The van der Waals surface area contributed by atoms with Crippen molar-refractivity contribution in [2.45, 2.75) is 32.0 Å². The SMILES string of the molecule is Cl.Fc1ccc(COc2ccccc2CNC2CC2)cc1. The first kappa shape index (κ1) is 15.8. The highest BCUT2D eigenvalue weighted by Gasteiger charge is 2.20. The number of nitrogens with one attached hydrogen (secondary N) is 1. The molecule has 1 aliphatic carbocycles. The molecule has 0 atom stereocenters. The second kappa shape index (κ2) is 7.43. The third-order valence-corrected chi connectivity index (χ3v) is 3.44. The Hall–Kier alpha value is -1.58. The van der Waals surface area contributed by atoms with Gasteiger partial charge in [0, 0.05) is 18.2 Å². The Kier molecular flexibility index (Phi) is 5.59. The van der Waals surface area contributed by atoms with Gasteiger partial charge in [-0.1, -0.05) is 30.3 Å². The molecule has 1 fully saturated rings. The van der Waals surface area contributed by atoms with Crippen LogP contribution in [0.3, 0.4) is 0 Å². The molecule has 2 nitrogen and oxygen atoms in total. The van der Waals surface area contributed by atoms with Crippen molar-refractivity contribution in [2.24, 2.45) is 0 Å². The maximum absolute atomic E-state index is 12.8. The summed E-state index contributed by atoms with van der Waals surface area (Å²) in [6.45, 7) is 1.30. The summed E-state index contributed by atoms with van der Waals surface area (Å²) in [5.74, 6) is 0.674. The second-order valence-electron chi connectivity index (χ2n) is 5.18. The average Bonchev–Trinajstić information content (AvgIpc) is 3.30. The topological polar surface area (TPSA) is 21.3 Å². The number of halogens is 2. The number of para-hydroxylation sites is 1. The van der Waals surface area contributed by atoms with Crippen molar-refractivity contribution < 1.29 is 9.13 Å². The minimum Gasteiger partial charge on any atom is -0.489 e. The maximum Gasteiger partial charge on any atom is 0.124 e. The molecular weight excluding hydrogens is 289 g/mol. The molecule has 1 saturated carbocycles. The predicted molar refractivity (Wildman–Crippen MR) is 84.3 cm³/mol. The van der Waals surface area contributed by atoms with E-state index in [4.69, 9.17) is 4.74 Å². The van der Waals surface area contributed by atoms with Crippen LogP contribution in [-0.4, -0.2) is 6.04 Å². The smallest absolute Gasteiger partial charge is 0.124 e. The summed E-state index contributed by atoms with van der Waals surface area (Å²) in [6, 6.07) is 15.2. The molecule has 2 aromatic carbocycles. The molecule has 1 aliphatic rings. The van der Waals surface area contributed by atoms with E-state index in [0.717, 1.165) is 17.9 Å². The van der Waals surface area contributed by atoms with Gasteiger partial charge in [0.2, 0.25) is 0 Å². The predicted octanol–water partition coefficient (Wildman–Crippen LogP) is 4.08. The van der Waals surface area contributed by atoms with Crippen molar-refractivity contribution in [2.75, 3.05) is 0 Å². The zero-order chi connectivity index (χ0) is 13.8. The molecule has 0 radical (unpaired) electrons. The average molecular weight is 308 g/mol. The summed E-state index contributed by atoms with van der Waals surface area (Å²) in [5, 5.41) is 3.49. The lowest BCUT2D eigenvalue weighted by Crippen LogP contribution is -2.16. The third kappa shape index (κ3) is 4.73. The summed E-state index contributed by atoms with van der Waals surface area (Å²) in [7, 11) is 0. The van der Waals surface area contributed by atoms with Gasteiger partial charge >= 0.3 is 0 Å². The molecule has 0 bridgehead atoms. The first-order valence-corrected chi connectivity index (χ1v) is 7.00. The third-order valence-electron chi connectivity index (χ3n) is 3.44. The van der Waals surface area contributed by atoms with Crippen molar-refractivity contribution in [3.63, 3.8) is 0 Å². The van der Waals surface area contributed by atoms with Crippen LogP contribution in [0.25, 0.3) is 0 Å². The van der Waals surface area contributed by atoms with Crippen LogP contribution in [0, 0.1) is 5.82 Å². The van der Waals surface area contributed by atoms with Crippen molar-refractivity contribution >= 4 is 12.4 Å². The fraction of sp³-hybridized carbons (Fsp3) is 0.294. The van der Waals surface area contributed by atoms with Crippen molar-refractivity contribution in [1.82, 2.24) is 5.32 Å². The highest BCUT2D eigenvalue weighted by molar-refractivity contribution is 5.85. The number of rotatable bonds is 6. The first-order chi connectivity index (χ1) is 9.81. The molecule has 112 valence electrons. The lowest BCUT2D eigenvalue weighted by atomic mass is 10.2. The summed E-state index contributed by atoms with van der Waals surface area (Å²) in [6.07, 6.45) is 2.55. The monoisotopic (exact) mass is 307 g/mol. The minimum absolute atomic E-state index is 0. The quantitative estimate of drug-likeness (QED) is 0.868. The van der Waals surface area contributed by atoms with Crippen LogP contribution in [0.2, 0.25) is 0 Å². The van der Waals surface area contributed by atoms with Crippen LogP contribution in [-0.2, 0) is 13.2 Å².